The lowest BCUT2D eigenvalue weighted by Gasteiger charge is -2.23. The third kappa shape index (κ3) is 3.82. The number of piperidine rings is 1. The zero-order chi connectivity index (χ0) is 12.1. The molecule has 0 unspecified atom stereocenters. The molecule has 2 N–H and O–H groups in total. The molecule has 2 rings (SSSR count). The van der Waals surface area contributed by atoms with Crippen LogP contribution in [0.5, 0.6) is 0 Å². The van der Waals surface area contributed by atoms with Crippen molar-refractivity contribution in [1.82, 2.24) is 10.6 Å². The van der Waals surface area contributed by atoms with Crippen molar-refractivity contribution >= 4 is 5.91 Å². The molecule has 0 aliphatic carbocycles. The molecule has 0 bridgehead atoms. The average molecular weight is 236 g/mol. The largest absolute Gasteiger partial charge is 0.352 e. The molecule has 1 heterocycles. The fourth-order valence-corrected chi connectivity index (χ4v) is 2.04. The molecule has 1 aromatic rings. The van der Waals surface area contributed by atoms with Gasteiger partial charge in [-0.25, -0.2) is 4.39 Å². The van der Waals surface area contributed by atoms with Crippen molar-refractivity contribution in [3.8, 4) is 0 Å². The first kappa shape index (κ1) is 12.0. The van der Waals surface area contributed by atoms with Crippen LogP contribution in [-0.2, 0) is 11.2 Å². The number of rotatable bonds is 3. The molecule has 1 amide bonds. The van der Waals surface area contributed by atoms with Crippen molar-refractivity contribution in [1.29, 1.82) is 0 Å². The second-order valence-electron chi connectivity index (χ2n) is 4.41. The van der Waals surface area contributed by atoms with Crippen LogP contribution in [0, 0.1) is 5.82 Å². The van der Waals surface area contributed by atoms with Gasteiger partial charge in [0.2, 0.25) is 5.91 Å². The zero-order valence-electron chi connectivity index (χ0n) is 9.71. The van der Waals surface area contributed by atoms with Crippen LogP contribution >= 0.6 is 0 Å². The average Bonchev–Trinajstić information content (AvgIpc) is 2.33. The Morgan fingerprint density at radius 3 is 2.82 bits per heavy atom. The van der Waals surface area contributed by atoms with Gasteiger partial charge in [0.1, 0.15) is 5.82 Å². The van der Waals surface area contributed by atoms with Crippen LogP contribution in [0.2, 0.25) is 0 Å². The summed E-state index contributed by atoms with van der Waals surface area (Å²) in [6.45, 7) is 1.87. The number of nitrogens with one attached hydrogen (secondary N) is 2. The molecule has 0 saturated carbocycles. The third-order valence-electron chi connectivity index (χ3n) is 2.94. The minimum Gasteiger partial charge on any atom is -0.352 e. The predicted molar refractivity (Wildman–Crippen MR) is 64.1 cm³/mol. The van der Waals surface area contributed by atoms with E-state index >= 15 is 0 Å². The number of hydrogen-bond acceptors (Lipinski definition) is 2. The van der Waals surface area contributed by atoms with Crippen LogP contribution in [0.4, 0.5) is 4.39 Å². The number of benzene rings is 1. The second kappa shape index (κ2) is 5.77. The molecule has 3 nitrogen and oxygen atoms in total. The summed E-state index contributed by atoms with van der Waals surface area (Å²) in [4.78, 5) is 11.7. The topological polar surface area (TPSA) is 41.1 Å². The molecule has 0 radical (unpaired) electrons. The monoisotopic (exact) mass is 236 g/mol. The lowest BCUT2D eigenvalue weighted by Crippen LogP contribution is -2.46. The van der Waals surface area contributed by atoms with E-state index in [9.17, 15) is 9.18 Å². The van der Waals surface area contributed by atoms with Crippen molar-refractivity contribution in [3.63, 3.8) is 0 Å². The Morgan fingerprint density at radius 2 is 2.18 bits per heavy atom. The summed E-state index contributed by atoms with van der Waals surface area (Å²) in [5, 5.41) is 6.23. The van der Waals surface area contributed by atoms with E-state index in [4.69, 9.17) is 0 Å². The highest BCUT2D eigenvalue weighted by molar-refractivity contribution is 5.78. The second-order valence-corrected chi connectivity index (χ2v) is 4.41. The van der Waals surface area contributed by atoms with Gasteiger partial charge in [-0.15, -0.1) is 0 Å². The van der Waals surface area contributed by atoms with Gasteiger partial charge in [0.25, 0.3) is 0 Å². The number of halogens is 1. The van der Waals surface area contributed by atoms with Gasteiger partial charge in [-0.05, 0) is 37.1 Å². The van der Waals surface area contributed by atoms with Crippen LogP contribution < -0.4 is 10.6 Å². The van der Waals surface area contributed by atoms with E-state index in [-0.39, 0.29) is 17.8 Å². The smallest absolute Gasteiger partial charge is 0.224 e. The van der Waals surface area contributed by atoms with Gasteiger partial charge in [-0.3, -0.25) is 4.79 Å². The maximum atomic E-state index is 12.7. The van der Waals surface area contributed by atoms with Crippen LogP contribution in [0.25, 0.3) is 0 Å². The Kier molecular flexibility index (Phi) is 4.09. The van der Waals surface area contributed by atoms with Gasteiger partial charge in [0.05, 0.1) is 6.42 Å². The first-order chi connectivity index (χ1) is 8.24. The van der Waals surface area contributed by atoms with Crippen LogP contribution in [0.3, 0.4) is 0 Å². The SMILES string of the molecule is O=C(Cc1ccc(F)cc1)N[C@H]1CCCNC1. The van der Waals surface area contributed by atoms with Gasteiger partial charge in [0, 0.05) is 12.6 Å². The Hall–Kier alpha value is -1.42. The summed E-state index contributed by atoms with van der Waals surface area (Å²) in [5.74, 6) is -0.268. The van der Waals surface area contributed by atoms with E-state index < -0.39 is 0 Å². The minimum atomic E-state index is -0.273. The zero-order valence-corrected chi connectivity index (χ0v) is 9.71. The fraction of sp³-hybridized carbons (Fsp3) is 0.462. The van der Waals surface area contributed by atoms with Gasteiger partial charge >= 0.3 is 0 Å². The summed E-state index contributed by atoms with van der Waals surface area (Å²) in [6, 6.07) is 6.29. The molecule has 1 aromatic carbocycles. The molecular formula is C13H17FN2O. The quantitative estimate of drug-likeness (QED) is 0.829. The number of carbonyl (C=O) groups is 1. The van der Waals surface area contributed by atoms with Gasteiger partial charge in [-0.2, -0.15) is 0 Å². The Balaban J connectivity index is 1.82. The van der Waals surface area contributed by atoms with Crippen LogP contribution in [-0.4, -0.2) is 25.0 Å². The highest BCUT2D eigenvalue weighted by Crippen LogP contribution is 2.05. The maximum Gasteiger partial charge on any atom is 0.224 e. The van der Waals surface area contributed by atoms with E-state index in [1.165, 1.54) is 12.1 Å². The normalized spacial score (nSPS) is 19.9. The van der Waals surface area contributed by atoms with Gasteiger partial charge in [-0.1, -0.05) is 12.1 Å². The lowest BCUT2D eigenvalue weighted by molar-refractivity contribution is -0.121. The molecule has 1 aliphatic heterocycles. The third-order valence-corrected chi connectivity index (χ3v) is 2.94. The van der Waals surface area contributed by atoms with Crippen molar-refractivity contribution in [2.24, 2.45) is 0 Å². The van der Waals surface area contributed by atoms with E-state index in [1.807, 2.05) is 0 Å². The lowest BCUT2D eigenvalue weighted by atomic mass is 10.1. The van der Waals surface area contributed by atoms with E-state index in [2.05, 4.69) is 10.6 Å². The molecule has 17 heavy (non-hydrogen) atoms. The highest BCUT2D eigenvalue weighted by Gasteiger charge is 2.15. The number of hydrogen-bond donors (Lipinski definition) is 2. The summed E-state index contributed by atoms with van der Waals surface area (Å²) in [6.07, 6.45) is 2.44. The predicted octanol–water partition coefficient (Wildman–Crippen LogP) is 1.24. The first-order valence-electron chi connectivity index (χ1n) is 5.98. The molecule has 1 atom stereocenters. The van der Waals surface area contributed by atoms with Crippen molar-refractivity contribution < 1.29 is 9.18 Å². The Morgan fingerprint density at radius 1 is 1.41 bits per heavy atom. The molecule has 0 aromatic heterocycles. The number of amides is 1. The molecule has 1 saturated heterocycles. The van der Waals surface area contributed by atoms with Crippen LogP contribution in [0.1, 0.15) is 18.4 Å². The molecular weight excluding hydrogens is 219 g/mol. The summed E-state index contributed by atoms with van der Waals surface area (Å²) < 4.78 is 12.7. The van der Waals surface area contributed by atoms with Gasteiger partial charge in [0.15, 0.2) is 0 Å². The van der Waals surface area contributed by atoms with E-state index in [0.29, 0.717) is 6.42 Å². The molecule has 0 spiro atoms. The summed E-state index contributed by atoms with van der Waals surface area (Å²) in [7, 11) is 0. The summed E-state index contributed by atoms with van der Waals surface area (Å²) in [5.41, 5.74) is 0.840. The molecule has 92 valence electrons. The van der Waals surface area contributed by atoms with Gasteiger partial charge < -0.3 is 10.6 Å². The van der Waals surface area contributed by atoms with Crippen molar-refractivity contribution in [2.75, 3.05) is 13.1 Å². The fourth-order valence-electron chi connectivity index (χ4n) is 2.04. The van der Waals surface area contributed by atoms with Crippen molar-refractivity contribution in [2.45, 2.75) is 25.3 Å². The Labute approximate surface area is 100 Å². The molecule has 4 heteroatoms. The Bertz CT molecular complexity index is 372. The molecule has 1 aliphatic rings. The van der Waals surface area contributed by atoms with Crippen LogP contribution in [0.15, 0.2) is 24.3 Å². The summed E-state index contributed by atoms with van der Waals surface area (Å²) >= 11 is 0. The van der Waals surface area contributed by atoms with E-state index in [0.717, 1.165) is 31.5 Å². The van der Waals surface area contributed by atoms with Crippen molar-refractivity contribution in [3.05, 3.63) is 35.6 Å². The first-order valence-corrected chi connectivity index (χ1v) is 5.98. The molecule has 1 fully saturated rings. The standard InChI is InChI=1S/C13H17FN2O/c14-11-5-3-10(4-6-11)8-13(17)16-12-2-1-7-15-9-12/h3-6,12,15H,1-2,7-9H2,(H,16,17)/t12-/m0/s1. The highest BCUT2D eigenvalue weighted by atomic mass is 19.1. The maximum absolute atomic E-state index is 12.7. The minimum absolute atomic E-state index is 0.00491. The number of carbonyl (C=O) groups excluding carboxylic acids is 1. The van der Waals surface area contributed by atoms with E-state index in [1.54, 1.807) is 12.1 Å².